The second-order valence-electron chi connectivity index (χ2n) is 7.46. The molecule has 5 aromatic heterocycles. The number of anilines is 1. The van der Waals surface area contributed by atoms with Gasteiger partial charge in [-0.15, -0.1) is 22.7 Å². The first kappa shape index (κ1) is 23.2. The number of aryl methyl sites for hydroxylation is 2. The van der Waals surface area contributed by atoms with E-state index in [1.54, 1.807) is 36.1 Å². The molecular weight excluding hydrogens is 513 g/mol. The number of rotatable bonds is 8. The van der Waals surface area contributed by atoms with Crippen LogP contribution in [0.1, 0.15) is 20.3 Å². The van der Waals surface area contributed by atoms with Crippen LogP contribution in [-0.4, -0.2) is 25.2 Å². The largest absolute Gasteiger partial charge is 0.459 e. The standard InChI is InChI=1S/C23H17ClFN5O3S2/c24-20-4-3-16(35-20)11-27-21-9-18(28-30(21)23(32)19-2-1-7-33-19)14-8-17(25)22(31)29(12-14)6-5-15-10-26-13-34-15/h1-4,7-10,12-13,27H,5-6,11H2. The van der Waals surface area contributed by atoms with Gasteiger partial charge in [0.25, 0.3) is 5.56 Å². The first-order valence-electron chi connectivity index (χ1n) is 10.4. The third-order valence-electron chi connectivity index (χ3n) is 5.13. The lowest BCUT2D eigenvalue weighted by Crippen LogP contribution is -2.23. The van der Waals surface area contributed by atoms with Gasteiger partial charge in [-0.2, -0.15) is 9.78 Å². The summed E-state index contributed by atoms with van der Waals surface area (Å²) in [6.45, 7) is 0.679. The van der Waals surface area contributed by atoms with Crippen LogP contribution in [0, 0.1) is 5.82 Å². The Hall–Kier alpha value is -3.54. The third-order valence-corrected chi connectivity index (χ3v) is 7.20. The molecule has 0 radical (unpaired) electrons. The molecule has 0 spiro atoms. The molecule has 0 aliphatic carbocycles. The molecule has 0 unspecified atom stereocenters. The van der Waals surface area contributed by atoms with E-state index in [9.17, 15) is 14.0 Å². The van der Waals surface area contributed by atoms with E-state index in [-0.39, 0.29) is 12.3 Å². The lowest BCUT2D eigenvalue weighted by molar-refractivity contribution is 0.0920. The molecule has 0 saturated heterocycles. The van der Waals surface area contributed by atoms with Crippen molar-refractivity contribution in [2.45, 2.75) is 19.5 Å². The number of pyridine rings is 1. The molecule has 0 aliphatic heterocycles. The van der Waals surface area contributed by atoms with E-state index in [0.29, 0.717) is 34.4 Å². The van der Waals surface area contributed by atoms with Gasteiger partial charge in [-0.05, 0) is 30.3 Å². The Morgan fingerprint density at radius 1 is 1.23 bits per heavy atom. The Morgan fingerprint density at radius 2 is 2.11 bits per heavy atom. The van der Waals surface area contributed by atoms with Gasteiger partial charge in [-0.3, -0.25) is 14.6 Å². The molecule has 5 rings (SSSR count). The minimum absolute atomic E-state index is 0.0996. The average molecular weight is 530 g/mol. The molecule has 0 fully saturated rings. The zero-order chi connectivity index (χ0) is 24.4. The van der Waals surface area contributed by atoms with Crippen molar-refractivity contribution in [3.8, 4) is 11.3 Å². The molecule has 35 heavy (non-hydrogen) atoms. The van der Waals surface area contributed by atoms with Crippen molar-refractivity contribution in [1.29, 1.82) is 0 Å². The van der Waals surface area contributed by atoms with E-state index >= 15 is 0 Å². The molecule has 0 atom stereocenters. The summed E-state index contributed by atoms with van der Waals surface area (Å²) < 4.78 is 22.9. The van der Waals surface area contributed by atoms with Gasteiger partial charge in [0.2, 0.25) is 0 Å². The van der Waals surface area contributed by atoms with Crippen molar-refractivity contribution < 1.29 is 13.6 Å². The molecule has 0 aliphatic rings. The number of halogens is 2. The van der Waals surface area contributed by atoms with Crippen LogP contribution in [0.25, 0.3) is 11.3 Å². The molecule has 8 nitrogen and oxygen atoms in total. The summed E-state index contributed by atoms with van der Waals surface area (Å²) in [7, 11) is 0. The van der Waals surface area contributed by atoms with Gasteiger partial charge >= 0.3 is 5.91 Å². The summed E-state index contributed by atoms with van der Waals surface area (Å²) >= 11 is 8.89. The Kier molecular flexibility index (Phi) is 6.62. The molecule has 1 N–H and O–H groups in total. The Labute approximate surface area is 211 Å². The average Bonchev–Trinajstić information content (AvgIpc) is 3.66. The maximum absolute atomic E-state index is 14.6. The number of thiazole rings is 1. The summed E-state index contributed by atoms with van der Waals surface area (Å²) in [6.07, 6.45) is 5.19. The van der Waals surface area contributed by atoms with Crippen LogP contribution >= 0.6 is 34.3 Å². The second kappa shape index (κ2) is 9.98. The lowest BCUT2D eigenvalue weighted by atomic mass is 10.2. The van der Waals surface area contributed by atoms with Gasteiger partial charge in [0.05, 0.1) is 28.3 Å². The van der Waals surface area contributed by atoms with Crippen LogP contribution in [0.3, 0.4) is 0 Å². The fourth-order valence-electron chi connectivity index (χ4n) is 3.43. The van der Waals surface area contributed by atoms with E-state index in [2.05, 4.69) is 15.4 Å². The van der Waals surface area contributed by atoms with Gasteiger partial charge in [0.1, 0.15) is 5.82 Å². The Balaban J connectivity index is 1.49. The highest BCUT2D eigenvalue weighted by molar-refractivity contribution is 7.16. The lowest BCUT2D eigenvalue weighted by Gasteiger charge is -2.07. The normalized spacial score (nSPS) is 11.1. The maximum Gasteiger partial charge on any atom is 0.315 e. The maximum atomic E-state index is 14.6. The van der Waals surface area contributed by atoms with Gasteiger partial charge < -0.3 is 14.3 Å². The van der Waals surface area contributed by atoms with Crippen LogP contribution in [0.15, 0.2) is 69.8 Å². The van der Waals surface area contributed by atoms with Crippen molar-refractivity contribution in [2.75, 3.05) is 5.32 Å². The highest BCUT2D eigenvalue weighted by atomic mass is 35.5. The molecule has 0 aromatic carbocycles. The van der Waals surface area contributed by atoms with Crippen LogP contribution in [0.4, 0.5) is 10.2 Å². The van der Waals surface area contributed by atoms with Crippen LogP contribution in [0.2, 0.25) is 4.34 Å². The minimum Gasteiger partial charge on any atom is -0.459 e. The van der Waals surface area contributed by atoms with E-state index in [4.69, 9.17) is 16.0 Å². The van der Waals surface area contributed by atoms with Gasteiger partial charge in [0, 0.05) is 46.7 Å². The number of hydrogen-bond acceptors (Lipinski definition) is 8. The second-order valence-corrected chi connectivity index (χ2v) is 10.2. The number of carbonyl (C=O) groups excluding carboxylic acids is 1. The third kappa shape index (κ3) is 5.11. The number of nitrogens with one attached hydrogen (secondary N) is 1. The van der Waals surface area contributed by atoms with Crippen molar-refractivity contribution >= 4 is 46.0 Å². The van der Waals surface area contributed by atoms with E-state index in [1.165, 1.54) is 39.6 Å². The van der Waals surface area contributed by atoms with Gasteiger partial charge in [0.15, 0.2) is 11.6 Å². The number of aromatic nitrogens is 4. The summed E-state index contributed by atoms with van der Waals surface area (Å²) in [5.74, 6) is -0.912. The summed E-state index contributed by atoms with van der Waals surface area (Å²) in [6, 6.07) is 9.56. The molecule has 12 heteroatoms. The van der Waals surface area contributed by atoms with Crippen molar-refractivity contribution in [2.24, 2.45) is 0 Å². The SMILES string of the molecule is O=C(c1ccco1)n1nc(-c2cc(F)c(=O)n(CCc3cncs3)c2)cc1NCc1ccc(Cl)s1. The fourth-order valence-corrected chi connectivity index (χ4v) is 5.05. The Bertz CT molecular complexity index is 1520. The predicted molar refractivity (Wildman–Crippen MR) is 133 cm³/mol. The molecule has 0 saturated carbocycles. The van der Waals surface area contributed by atoms with Gasteiger partial charge in [-0.1, -0.05) is 11.6 Å². The predicted octanol–water partition coefficient (Wildman–Crippen LogP) is 5.16. The van der Waals surface area contributed by atoms with Crippen molar-refractivity contribution in [1.82, 2.24) is 19.3 Å². The number of hydrogen-bond donors (Lipinski definition) is 1. The number of furan rings is 1. The number of thiophene rings is 1. The summed E-state index contributed by atoms with van der Waals surface area (Å²) in [5, 5.41) is 7.59. The topological polar surface area (TPSA) is 95.0 Å². The van der Waals surface area contributed by atoms with Crippen LogP contribution in [-0.2, 0) is 19.5 Å². The number of carbonyl (C=O) groups is 1. The summed E-state index contributed by atoms with van der Waals surface area (Å²) in [4.78, 5) is 31.4. The first-order valence-corrected chi connectivity index (χ1v) is 12.5. The van der Waals surface area contributed by atoms with E-state index in [0.717, 1.165) is 20.5 Å². The van der Waals surface area contributed by atoms with E-state index in [1.807, 2.05) is 6.07 Å². The van der Waals surface area contributed by atoms with Crippen molar-refractivity contribution in [3.63, 3.8) is 0 Å². The van der Waals surface area contributed by atoms with Gasteiger partial charge in [-0.25, -0.2) is 4.39 Å². The number of nitrogens with zero attached hydrogens (tertiary/aromatic N) is 4. The monoisotopic (exact) mass is 529 g/mol. The molecule has 178 valence electrons. The summed E-state index contributed by atoms with van der Waals surface area (Å²) in [5.41, 5.74) is 1.66. The molecule has 0 bridgehead atoms. The molecule has 5 heterocycles. The molecular formula is C23H17ClFN5O3S2. The molecule has 5 aromatic rings. The fraction of sp³-hybridized carbons (Fsp3) is 0.130. The quantitative estimate of drug-likeness (QED) is 0.298. The molecule has 0 amide bonds. The highest BCUT2D eigenvalue weighted by Crippen LogP contribution is 2.26. The highest BCUT2D eigenvalue weighted by Gasteiger charge is 2.20. The zero-order valence-electron chi connectivity index (χ0n) is 18.0. The van der Waals surface area contributed by atoms with Crippen molar-refractivity contribution in [3.05, 3.63) is 96.6 Å². The Morgan fingerprint density at radius 3 is 2.83 bits per heavy atom. The minimum atomic E-state index is -0.901. The van der Waals surface area contributed by atoms with Crippen LogP contribution < -0.4 is 10.9 Å². The smallest absolute Gasteiger partial charge is 0.315 e. The van der Waals surface area contributed by atoms with E-state index < -0.39 is 17.3 Å². The zero-order valence-corrected chi connectivity index (χ0v) is 20.4. The van der Waals surface area contributed by atoms with Crippen LogP contribution in [0.5, 0.6) is 0 Å². The first-order chi connectivity index (χ1) is 17.0.